The Morgan fingerprint density at radius 2 is 1.57 bits per heavy atom. The Balaban J connectivity index is 2.04. The minimum Gasteiger partial charge on any atom is -0.465 e. The minimum atomic E-state index is -0.762. The largest absolute Gasteiger partial charge is 0.465 e. The summed E-state index contributed by atoms with van der Waals surface area (Å²) < 4.78 is 4.59. The zero-order valence-electron chi connectivity index (χ0n) is 12.8. The van der Waals surface area contributed by atoms with Crippen LogP contribution in [0.15, 0.2) is 54.6 Å². The van der Waals surface area contributed by atoms with Crippen LogP contribution in [0, 0.1) is 0 Å². The number of rotatable bonds is 3. The van der Waals surface area contributed by atoms with Crippen LogP contribution in [-0.4, -0.2) is 31.9 Å². The van der Waals surface area contributed by atoms with Gasteiger partial charge in [-0.05, 0) is 36.4 Å². The number of esters is 1. The average molecular weight is 312 g/mol. The van der Waals surface area contributed by atoms with E-state index in [1.165, 1.54) is 43.3 Å². The second kappa shape index (κ2) is 7.22. The molecule has 0 fully saturated rings. The van der Waals surface area contributed by atoms with Crippen LogP contribution < -0.4 is 10.2 Å². The second-order valence-electron chi connectivity index (χ2n) is 4.72. The summed E-state index contributed by atoms with van der Waals surface area (Å²) in [5, 5.41) is 2.49. The molecule has 2 aromatic rings. The van der Waals surface area contributed by atoms with Gasteiger partial charge in [0.1, 0.15) is 0 Å². The highest BCUT2D eigenvalue weighted by Gasteiger charge is 2.20. The van der Waals surface area contributed by atoms with Crippen molar-refractivity contribution >= 4 is 29.2 Å². The molecule has 0 saturated heterocycles. The summed E-state index contributed by atoms with van der Waals surface area (Å²) in [4.78, 5) is 36.7. The van der Waals surface area contributed by atoms with Gasteiger partial charge in [0.2, 0.25) is 0 Å². The maximum atomic E-state index is 12.1. The van der Waals surface area contributed by atoms with E-state index < -0.39 is 17.8 Å². The van der Waals surface area contributed by atoms with Crippen molar-refractivity contribution in [2.45, 2.75) is 0 Å². The van der Waals surface area contributed by atoms with E-state index in [4.69, 9.17) is 0 Å². The summed E-state index contributed by atoms with van der Waals surface area (Å²) in [6.45, 7) is 0. The van der Waals surface area contributed by atoms with E-state index in [0.717, 1.165) is 0 Å². The molecule has 2 amide bonds. The van der Waals surface area contributed by atoms with Crippen LogP contribution in [0.4, 0.5) is 11.4 Å². The van der Waals surface area contributed by atoms with Gasteiger partial charge in [0.25, 0.3) is 0 Å². The van der Waals surface area contributed by atoms with E-state index in [-0.39, 0.29) is 0 Å². The Hall–Kier alpha value is -3.15. The first-order valence-corrected chi connectivity index (χ1v) is 6.85. The molecule has 0 unspecified atom stereocenters. The summed E-state index contributed by atoms with van der Waals surface area (Å²) in [5.41, 5.74) is 1.39. The number of anilines is 2. The molecule has 2 rings (SSSR count). The number of methoxy groups -OCH3 is 1. The number of likely N-dealkylation sites (N-methyl/N-ethyl adjacent to an activating group) is 1. The Morgan fingerprint density at radius 1 is 0.957 bits per heavy atom. The van der Waals surface area contributed by atoms with Gasteiger partial charge >= 0.3 is 17.8 Å². The van der Waals surface area contributed by atoms with Crippen LogP contribution in [0.25, 0.3) is 0 Å². The number of ether oxygens (including phenoxy) is 1. The molecule has 0 aliphatic heterocycles. The lowest BCUT2D eigenvalue weighted by molar-refractivity contribution is -0.134. The number of carbonyl (C=O) groups is 3. The first-order valence-electron chi connectivity index (χ1n) is 6.85. The van der Waals surface area contributed by atoms with Crippen molar-refractivity contribution in [3.05, 3.63) is 60.2 Å². The molecule has 0 saturated carbocycles. The maximum absolute atomic E-state index is 12.1. The van der Waals surface area contributed by atoms with Crippen molar-refractivity contribution in [3.63, 3.8) is 0 Å². The lowest BCUT2D eigenvalue weighted by Crippen LogP contribution is -2.37. The van der Waals surface area contributed by atoms with Gasteiger partial charge in [-0.15, -0.1) is 0 Å². The van der Waals surface area contributed by atoms with Gasteiger partial charge in [0.05, 0.1) is 12.7 Å². The molecule has 2 aromatic carbocycles. The predicted molar refractivity (Wildman–Crippen MR) is 86.3 cm³/mol. The third-order valence-electron chi connectivity index (χ3n) is 3.21. The molecular formula is C17H16N2O4. The molecule has 0 atom stereocenters. The number of nitrogens with one attached hydrogen (secondary N) is 1. The third kappa shape index (κ3) is 3.94. The molecule has 0 radical (unpaired) electrons. The van der Waals surface area contributed by atoms with Crippen LogP contribution in [-0.2, 0) is 14.3 Å². The first-order chi connectivity index (χ1) is 11.0. The van der Waals surface area contributed by atoms with E-state index in [0.29, 0.717) is 16.9 Å². The first kappa shape index (κ1) is 16.2. The van der Waals surface area contributed by atoms with Crippen molar-refractivity contribution in [1.82, 2.24) is 0 Å². The standard InChI is InChI=1S/C17H16N2O4/c1-19(14-6-4-3-5-7-14)16(21)15(20)18-13-10-8-12(9-11-13)17(22)23-2/h3-11H,1-2H3,(H,18,20). The number of amides is 2. The van der Waals surface area contributed by atoms with Crippen LogP contribution >= 0.6 is 0 Å². The fourth-order valence-electron chi connectivity index (χ4n) is 1.91. The molecule has 0 aliphatic carbocycles. The number of hydrogen-bond acceptors (Lipinski definition) is 4. The normalized spacial score (nSPS) is 9.83. The molecule has 1 N–H and O–H groups in total. The Kier molecular flexibility index (Phi) is 5.09. The van der Waals surface area contributed by atoms with Crippen molar-refractivity contribution in [2.75, 3.05) is 24.4 Å². The Morgan fingerprint density at radius 3 is 2.13 bits per heavy atom. The fraction of sp³-hybridized carbons (Fsp3) is 0.118. The lowest BCUT2D eigenvalue weighted by atomic mass is 10.2. The van der Waals surface area contributed by atoms with E-state index >= 15 is 0 Å². The number of carbonyl (C=O) groups excluding carboxylic acids is 3. The smallest absolute Gasteiger partial charge is 0.337 e. The summed E-state index contributed by atoms with van der Waals surface area (Å²) >= 11 is 0. The molecule has 0 spiro atoms. The van der Waals surface area contributed by atoms with Gasteiger partial charge in [0, 0.05) is 18.4 Å². The van der Waals surface area contributed by atoms with Crippen LogP contribution in [0.5, 0.6) is 0 Å². The van der Waals surface area contributed by atoms with Crippen LogP contribution in [0.3, 0.4) is 0 Å². The predicted octanol–water partition coefficient (Wildman–Crippen LogP) is 2.07. The third-order valence-corrected chi connectivity index (χ3v) is 3.21. The quantitative estimate of drug-likeness (QED) is 0.695. The zero-order chi connectivity index (χ0) is 16.8. The number of nitrogens with zero attached hydrogens (tertiary/aromatic N) is 1. The van der Waals surface area contributed by atoms with Gasteiger partial charge in [-0.2, -0.15) is 0 Å². The lowest BCUT2D eigenvalue weighted by Gasteiger charge is -2.16. The Bertz CT molecular complexity index is 711. The summed E-state index contributed by atoms with van der Waals surface area (Å²) in [5.74, 6) is -1.92. The van der Waals surface area contributed by atoms with E-state index in [1.807, 2.05) is 6.07 Å². The van der Waals surface area contributed by atoms with Crippen LogP contribution in [0.1, 0.15) is 10.4 Å². The second-order valence-corrected chi connectivity index (χ2v) is 4.72. The van der Waals surface area contributed by atoms with Crippen molar-refractivity contribution in [1.29, 1.82) is 0 Å². The monoisotopic (exact) mass is 312 g/mol. The minimum absolute atomic E-state index is 0.359. The molecule has 23 heavy (non-hydrogen) atoms. The van der Waals surface area contributed by atoms with Gasteiger partial charge in [-0.3, -0.25) is 9.59 Å². The van der Waals surface area contributed by atoms with Gasteiger partial charge in [-0.1, -0.05) is 18.2 Å². The fourth-order valence-corrected chi connectivity index (χ4v) is 1.91. The summed E-state index contributed by atoms with van der Waals surface area (Å²) in [6.07, 6.45) is 0. The highest BCUT2D eigenvalue weighted by Crippen LogP contribution is 2.13. The molecular weight excluding hydrogens is 296 g/mol. The molecule has 6 nitrogen and oxygen atoms in total. The van der Waals surface area contributed by atoms with E-state index in [2.05, 4.69) is 10.1 Å². The molecule has 0 aromatic heterocycles. The van der Waals surface area contributed by atoms with Gasteiger partial charge in [-0.25, -0.2) is 4.79 Å². The molecule has 6 heteroatoms. The topological polar surface area (TPSA) is 75.7 Å². The number of hydrogen-bond donors (Lipinski definition) is 1. The molecule has 0 aliphatic rings. The highest BCUT2D eigenvalue weighted by atomic mass is 16.5. The average Bonchev–Trinajstić information content (AvgIpc) is 2.61. The maximum Gasteiger partial charge on any atom is 0.337 e. The van der Waals surface area contributed by atoms with Crippen molar-refractivity contribution in [3.8, 4) is 0 Å². The molecule has 0 bridgehead atoms. The molecule has 0 heterocycles. The summed E-state index contributed by atoms with van der Waals surface area (Å²) in [7, 11) is 2.81. The van der Waals surface area contributed by atoms with E-state index in [9.17, 15) is 14.4 Å². The van der Waals surface area contributed by atoms with E-state index in [1.54, 1.807) is 24.3 Å². The van der Waals surface area contributed by atoms with Gasteiger partial charge < -0.3 is 15.0 Å². The highest BCUT2D eigenvalue weighted by molar-refractivity contribution is 6.44. The zero-order valence-corrected chi connectivity index (χ0v) is 12.8. The molecule has 118 valence electrons. The number of para-hydroxylation sites is 1. The van der Waals surface area contributed by atoms with Crippen molar-refractivity contribution in [2.24, 2.45) is 0 Å². The van der Waals surface area contributed by atoms with Crippen molar-refractivity contribution < 1.29 is 19.1 Å². The Labute approximate surface area is 133 Å². The summed E-state index contributed by atoms with van der Waals surface area (Å²) in [6, 6.07) is 14.9. The SMILES string of the molecule is COC(=O)c1ccc(NC(=O)C(=O)N(C)c2ccccc2)cc1. The number of benzene rings is 2. The van der Waals surface area contributed by atoms with Crippen LogP contribution in [0.2, 0.25) is 0 Å². The van der Waals surface area contributed by atoms with Gasteiger partial charge in [0.15, 0.2) is 0 Å².